The highest BCUT2D eigenvalue weighted by Crippen LogP contribution is 2.33. The SMILES string of the molecule is O=Cc1cc(Br)cc(Br)c1O.O=c1cc(N2CCN(Cc3cc(Br)cc(Br)c3O)CC2)nc[nH]1.O=c1cc(N2CCNCC2)nc[nH]1. The summed E-state index contributed by atoms with van der Waals surface area (Å²) in [5.41, 5.74) is 0.921. The van der Waals surface area contributed by atoms with Crippen molar-refractivity contribution in [2.45, 2.75) is 6.54 Å². The number of aromatic hydroxyl groups is 2. The highest BCUT2D eigenvalue weighted by atomic mass is 79.9. The lowest BCUT2D eigenvalue weighted by Gasteiger charge is -2.35. The third-order valence-corrected chi connectivity index (χ3v) is 9.28. The fourth-order valence-corrected chi connectivity index (χ4v) is 7.32. The summed E-state index contributed by atoms with van der Waals surface area (Å²) in [7, 11) is 0. The maximum Gasteiger partial charge on any atom is 0.252 e. The Kier molecular flexibility index (Phi) is 14.0. The molecule has 0 unspecified atom stereocenters. The van der Waals surface area contributed by atoms with Crippen molar-refractivity contribution >= 4 is 81.6 Å². The normalized spacial score (nSPS) is 14.8. The van der Waals surface area contributed by atoms with Crippen molar-refractivity contribution in [1.29, 1.82) is 0 Å². The smallest absolute Gasteiger partial charge is 0.252 e. The monoisotopic (exact) mass is 900 g/mol. The maximum atomic E-state index is 11.4. The Balaban J connectivity index is 0.000000176. The molecule has 2 saturated heterocycles. The molecule has 0 atom stereocenters. The van der Waals surface area contributed by atoms with E-state index in [0.29, 0.717) is 27.6 Å². The molecule has 250 valence electrons. The lowest BCUT2D eigenvalue weighted by atomic mass is 10.1. The van der Waals surface area contributed by atoms with Crippen LogP contribution in [0.1, 0.15) is 15.9 Å². The highest BCUT2D eigenvalue weighted by molar-refractivity contribution is 9.11. The number of aldehydes is 1. The van der Waals surface area contributed by atoms with Crippen LogP contribution in [0.4, 0.5) is 11.6 Å². The fraction of sp³-hybridized carbons (Fsp3) is 0.300. The Morgan fingerprint density at radius 1 is 0.702 bits per heavy atom. The van der Waals surface area contributed by atoms with E-state index >= 15 is 0 Å². The summed E-state index contributed by atoms with van der Waals surface area (Å²) >= 11 is 13.1. The average molecular weight is 904 g/mol. The van der Waals surface area contributed by atoms with Gasteiger partial charge in [0.15, 0.2) is 6.29 Å². The number of carbonyl (C=O) groups is 1. The highest BCUT2D eigenvalue weighted by Gasteiger charge is 2.20. The molecule has 4 heterocycles. The van der Waals surface area contributed by atoms with Crippen LogP contribution in [0.15, 0.2) is 76.5 Å². The minimum Gasteiger partial charge on any atom is -0.506 e. The van der Waals surface area contributed by atoms with Crippen LogP contribution >= 0.6 is 63.7 Å². The molecule has 47 heavy (non-hydrogen) atoms. The number of hydrogen-bond acceptors (Lipinski definition) is 11. The first kappa shape index (κ1) is 36.7. The second-order valence-corrected chi connectivity index (χ2v) is 13.9. The third kappa shape index (κ3) is 11.0. The van der Waals surface area contributed by atoms with E-state index in [-0.39, 0.29) is 28.2 Å². The molecule has 13 nitrogen and oxygen atoms in total. The van der Waals surface area contributed by atoms with Gasteiger partial charge < -0.3 is 35.3 Å². The van der Waals surface area contributed by atoms with Crippen LogP contribution in [0.3, 0.4) is 0 Å². The molecule has 17 heteroatoms. The second-order valence-electron chi connectivity index (χ2n) is 10.4. The van der Waals surface area contributed by atoms with Gasteiger partial charge in [0.05, 0.1) is 27.2 Å². The summed E-state index contributed by atoms with van der Waals surface area (Å²) < 4.78 is 2.88. The molecular formula is C30H32Br4N8O5. The van der Waals surface area contributed by atoms with Gasteiger partial charge in [-0.3, -0.25) is 19.3 Å². The number of hydrogen-bond donors (Lipinski definition) is 5. The molecule has 0 saturated carbocycles. The lowest BCUT2D eigenvalue weighted by Crippen LogP contribution is -2.46. The number of anilines is 2. The van der Waals surface area contributed by atoms with Gasteiger partial charge in [-0.2, -0.15) is 0 Å². The van der Waals surface area contributed by atoms with Gasteiger partial charge in [-0.1, -0.05) is 31.9 Å². The molecule has 0 radical (unpaired) electrons. The van der Waals surface area contributed by atoms with Crippen molar-refractivity contribution < 1.29 is 15.0 Å². The number of nitrogens with zero attached hydrogens (tertiary/aromatic N) is 5. The summed E-state index contributed by atoms with van der Waals surface area (Å²) in [4.78, 5) is 52.5. The van der Waals surface area contributed by atoms with Gasteiger partial charge in [-0.05, 0) is 56.1 Å². The van der Waals surface area contributed by atoms with E-state index in [2.05, 4.69) is 104 Å². The Bertz CT molecular complexity index is 1780. The number of phenols is 2. The van der Waals surface area contributed by atoms with Gasteiger partial charge in [-0.25, -0.2) is 9.97 Å². The Labute approximate surface area is 304 Å². The number of rotatable bonds is 5. The van der Waals surface area contributed by atoms with Gasteiger partial charge in [0.1, 0.15) is 23.1 Å². The van der Waals surface area contributed by atoms with Crippen LogP contribution in [0.2, 0.25) is 0 Å². The number of carbonyl (C=O) groups excluding carboxylic acids is 1. The first-order valence-corrected chi connectivity index (χ1v) is 17.5. The molecule has 2 aromatic heterocycles. The number of benzene rings is 2. The van der Waals surface area contributed by atoms with Crippen LogP contribution in [0.5, 0.6) is 11.5 Å². The molecule has 2 aromatic carbocycles. The van der Waals surface area contributed by atoms with Gasteiger partial charge in [-0.15, -0.1) is 0 Å². The number of nitrogens with one attached hydrogen (secondary N) is 3. The molecule has 5 N–H and O–H groups in total. The number of halogens is 4. The molecule has 0 spiro atoms. The van der Waals surface area contributed by atoms with E-state index < -0.39 is 0 Å². The molecule has 2 fully saturated rings. The number of phenolic OH excluding ortho intramolecular Hbond substituents is 2. The van der Waals surface area contributed by atoms with Gasteiger partial charge in [0, 0.05) is 85.5 Å². The van der Waals surface area contributed by atoms with E-state index in [9.17, 15) is 24.6 Å². The molecule has 2 aliphatic heterocycles. The maximum absolute atomic E-state index is 11.4. The zero-order chi connectivity index (χ0) is 33.9. The molecule has 0 bridgehead atoms. The summed E-state index contributed by atoms with van der Waals surface area (Å²) in [5.74, 6) is 1.74. The molecule has 6 rings (SSSR count). The van der Waals surface area contributed by atoms with Crippen molar-refractivity contribution in [3.63, 3.8) is 0 Å². The van der Waals surface area contributed by atoms with Crippen LogP contribution in [0, 0.1) is 0 Å². The number of aromatic nitrogens is 4. The van der Waals surface area contributed by atoms with Crippen molar-refractivity contribution in [2.75, 3.05) is 62.2 Å². The lowest BCUT2D eigenvalue weighted by molar-refractivity contribution is 0.112. The molecule has 2 aliphatic rings. The Morgan fingerprint density at radius 2 is 1.21 bits per heavy atom. The van der Waals surface area contributed by atoms with Crippen molar-refractivity contribution in [1.82, 2.24) is 30.2 Å². The predicted molar refractivity (Wildman–Crippen MR) is 195 cm³/mol. The quantitative estimate of drug-likeness (QED) is 0.182. The third-order valence-electron chi connectivity index (χ3n) is 7.15. The first-order chi connectivity index (χ1) is 22.5. The second kappa shape index (κ2) is 17.9. The molecule has 0 amide bonds. The minimum absolute atomic E-state index is 0.0248. The average Bonchev–Trinajstić information content (AvgIpc) is 3.06. The summed E-state index contributed by atoms with van der Waals surface area (Å²) in [5, 5.41) is 22.6. The Morgan fingerprint density at radius 3 is 1.74 bits per heavy atom. The summed E-state index contributed by atoms with van der Waals surface area (Å²) in [6, 6.07) is 10.0. The van der Waals surface area contributed by atoms with Crippen LogP contribution in [-0.2, 0) is 6.54 Å². The Hall–Kier alpha value is -3.09. The van der Waals surface area contributed by atoms with Gasteiger partial charge in [0.25, 0.3) is 11.1 Å². The number of piperazine rings is 2. The molecular weight excluding hydrogens is 872 g/mol. The molecule has 4 aromatic rings. The summed E-state index contributed by atoms with van der Waals surface area (Å²) in [6.07, 6.45) is 3.48. The van der Waals surface area contributed by atoms with Crippen molar-refractivity contribution in [3.05, 3.63) is 98.8 Å². The van der Waals surface area contributed by atoms with Crippen molar-refractivity contribution in [3.8, 4) is 11.5 Å². The van der Waals surface area contributed by atoms with Gasteiger partial charge in [0.2, 0.25) is 0 Å². The van der Waals surface area contributed by atoms with Crippen LogP contribution in [-0.4, -0.2) is 93.7 Å². The summed E-state index contributed by atoms with van der Waals surface area (Å²) in [6.45, 7) is 7.70. The number of H-pyrrole nitrogens is 2. The van der Waals surface area contributed by atoms with E-state index in [1.165, 1.54) is 24.8 Å². The van der Waals surface area contributed by atoms with E-state index in [1.807, 2.05) is 12.1 Å². The van der Waals surface area contributed by atoms with Gasteiger partial charge >= 0.3 is 0 Å². The predicted octanol–water partition coefficient (Wildman–Crippen LogP) is 4.23. The largest absolute Gasteiger partial charge is 0.506 e. The zero-order valence-corrected chi connectivity index (χ0v) is 31.3. The fourth-order valence-electron chi connectivity index (χ4n) is 4.75. The van der Waals surface area contributed by atoms with E-state index in [0.717, 1.165) is 72.7 Å². The topological polar surface area (TPSA) is 171 Å². The zero-order valence-electron chi connectivity index (χ0n) is 24.9. The first-order valence-electron chi connectivity index (χ1n) is 14.4. The molecule has 0 aliphatic carbocycles. The van der Waals surface area contributed by atoms with E-state index in [4.69, 9.17) is 0 Å². The van der Waals surface area contributed by atoms with Crippen molar-refractivity contribution in [2.24, 2.45) is 0 Å². The minimum atomic E-state index is -0.138. The van der Waals surface area contributed by atoms with Crippen LogP contribution < -0.4 is 26.2 Å². The number of aromatic amines is 2. The standard InChI is InChI=1S/C15H16Br2N4O2.C8H12N4O.C7H4Br2O2/c16-11-5-10(15(23)12(17)6-11)8-20-1-3-21(4-2-20)13-7-14(22)19-9-18-13;13-8-5-7(10-6-11-8)12-3-1-9-2-4-12;8-5-1-4(3-10)7(11)6(9)2-5/h5-7,9,23H,1-4,8H2,(H,18,19,22);5-6,9H,1-4H2,(H,10,11,13);1-3,11H. The van der Waals surface area contributed by atoms with Crippen LogP contribution in [0.25, 0.3) is 0 Å². The van der Waals surface area contributed by atoms with E-state index in [1.54, 1.807) is 12.1 Å².